The van der Waals surface area contributed by atoms with Gasteiger partial charge in [-0.3, -0.25) is 14.6 Å². The van der Waals surface area contributed by atoms with Crippen LogP contribution in [0.4, 0.5) is 5.69 Å². The second-order valence-corrected chi connectivity index (χ2v) is 7.12. The molecule has 1 aromatic carbocycles. The first-order chi connectivity index (χ1) is 14.2. The summed E-state index contributed by atoms with van der Waals surface area (Å²) >= 11 is 0. The summed E-state index contributed by atoms with van der Waals surface area (Å²) in [6.45, 7) is 4.84. The first-order valence-electron chi connectivity index (χ1n) is 10.2. The molecule has 1 aliphatic heterocycles. The molecule has 0 saturated heterocycles. The maximum atomic E-state index is 12.0. The van der Waals surface area contributed by atoms with Crippen LogP contribution in [0, 0.1) is 0 Å². The van der Waals surface area contributed by atoms with E-state index in [4.69, 9.17) is 4.99 Å². The number of aliphatic imine (C=N–C) groups is 1. The average Bonchev–Trinajstić information content (AvgIpc) is 2.72. The van der Waals surface area contributed by atoms with Gasteiger partial charge < -0.3 is 20.5 Å². The molecule has 1 aromatic heterocycles. The number of pyridine rings is 1. The standard InChI is InChI=1S/C22H29N5O2.HI/c1-2-23-22(24-12-6-8-14-27-13-7-5-11-21(27)29)25-16-17-15-20(28)26-19-10-4-3-9-18(17)19;/h3-5,7,9-11,13,17H,2,6,8,12,14-16H2,1H3,(H,26,28)(H2,23,24,25);1H. The zero-order valence-electron chi connectivity index (χ0n) is 17.3. The summed E-state index contributed by atoms with van der Waals surface area (Å²) in [5.41, 5.74) is 2.06. The number of para-hydroxylation sites is 1. The van der Waals surface area contributed by atoms with Crippen molar-refractivity contribution in [2.75, 3.05) is 25.0 Å². The Morgan fingerprint density at radius 2 is 1.93 bits per heavy atom. The number of carbonyl (C=O) groups is 1. The average molecular weight is 523 g/mol. The number of rotatable bonds is 8. The fourth-order valence-electron chi connectivity index (χ4n) is 3.47. The van der Waals surface area contributed by atoms with Gasteiger partial charge in [0.1, 0.15) is 0 Å². The fraction of sp³-hybridized carbons (Fsp3) is 0.409. The number of guanidine groups is 1. The van der Waals surface area contributed by atoms with Crippen LogP contribution < -0.4 is 21.5 Å². The number of halogens is 1. The maximum absolute atomic E-state index is 12.0. The summed E-state index contributed by atoms with van der Waals surface area (Å²) < 4.78 is 1.73. The maximum Gasteiger partial charge on any atom is 0.250 e. The molecule has 2 aromatic rings. The molecule has 0 fully saturated rings. The van der Waals surface area contributed by atoms with E-state index >= 15 is 0 Å². The summed E-state index contributed by atoms with van der Waals surface area (Å²) in [6, 6.07) is 13.1. The monoisotopic (exact) mass is 523 g/mol. The van der Waals surface area contributed by atoms with E-state index in [1.165, 1.54) is 0 Å². The molecule has 3 N–H and O–H groups in total. The molecule has 7 nitrogen and oxygen atoms in total. The molecule has 0 bridgehead atoms. The number of nitrogens with zero attached hydrogens (tertiary/aromatic N) is 2. The van der Waals surface area contributed by atoms with E-state index in [-0.39, 0.29) is 41.4 Å². The number of carbonyl (C=O) groups excluding carboxylic acids is 1. The Hall–Kier alpha value is -2.36. The number of hydrogen-bond acceptors (Lipinski definition) is 3. The summed E-state index contributed by atoms with van der Waals surface area (Å²) in [6.07, 6.45) is 4.11. The molecular weight excluding hydrogens is 493 g/mol. The molecule has 30 heavy (non-hydrogen) atoms. The van der Waals surface area contributed by atoms with Crippen molar-refractivity contribution in [3.63, 3.8) is 0 Å². The second-order valence-electron chi connectivity index (χ2n) is 7.12. The number of aryl methyl sites for hydroxylation is 1. The molecule has 1 unspecified atom stereocenters. The minimum atomic E-state index is 0. The van der Waals surface area contributed by atoms with E-state index in [1.807, 2.05) is 37.4 Å². The van der Waals surface area contributed by atoms with Crippen LogP contribution in [0.15, 0.2) is 58.4 Å². The Morgan fingerprint density at radius 1 is 1.13 bits per heavy atom. The zero-order chi connectivity index (χ0) is 20.5. The molecule has 1 atom stereocenters. The number of benzene rings is 1. The van der Waals surface area contributed by atoms with E-state index in [1.54, 1.807) is 16.7 Å². The second kappa shape index (κ2) is 12.4. The summed E-state index contributed by atoms with van der Waals surface area (Å²) in [5, 5.41) is 9.53. The lowest BCUT2D eigenvalue weighted by Crippen LogP contribution is -2.38. The van der Waals surface area contributed by atoms with E-state index in [9.17, 15) is 9.59 Å². The van der Waals surface area contributed by atoms with Crippen molar-refractivity contribution in [1.82, 2.24) is 15.2 Å². The third kappa shape index (κ3) is 6.86. The Balaban J connectivity index is 0.00000320. The van der Waals surface area contributed by atoms with Crippen LogP contribution in [0.25, 0.3) is 0 Å². The SMILES string of the molecule is CCNC(=NCC1CC(=O)Nc2ccccc21)NCCCCn1ccccc1=O.I. The first kappa shape index (κ1) is 23.9. The molecule has 3 rings (SSSR count). The largest absolute Gasteiger partial charge is 0.357 e. The number of hydrogen-bond donors (Lipinski definition) is 3. The molecule has 0 aliphatic carbocycles. The molecule has 8 heteroatoms. The fourth-order valence-corrected chi connectivity index (χ4v) is 3.47. The van der Waals surface area contributed by atoms with Gasteiger partial charge in [-0.05, 0) is 37.5 Å². The number of anilines is 1. The molecule has 1 aliphatic rings. The summed E-state index contributed by atoms with van der Waals surface area (Å²) in [4.78, 5) is 28.4. The topological polar surface area (TPSA) is 87.5 Å². The van der Waals surface area contributed by atoms with E-state index in [0.29, 0.717) is 19.5 Å². The van der Waals surface area contributed by atoms with Gasteiger partial charge in [0.25, 0.3) is 0 Å². The molecule has 2 heterocycles. The van der Waals surface area contributed by atoms with Crippen molar-refractivity contribution < 1.29 is 4.79 Å². The predicted molar refractivity (Wildman–Crippen MR) is 132 cm³/mol. The number of aromatic nitrogens is 1. The molecule has 0 spiro atoms. The number of unbranched alkanes of at least 4 members (excludes halogenated alkanes) is 1. The van der Waals surface area contributed by atoms with Crippen LogP contribution in [0.2, 0.25) is 0 Å². The van der Waals surface area contributed by atoms with Gasteiger partial charge in [0.2, 0.25) is 11.5 Å². The highest BCUT2D eigenvalue weighted by atomic mass is 127. The van der Waals surface area contributed by atoms with Gasteiger partial charge in [-0.15, -0.1) is 24.0 Å². The van der Waals surface area contributed by atoms with Gasteiger partial charge in [0.05, 0.1) is 6.54 Å². The smallest absolute Gasteiger partial charge is 0.250 e. The van der Waals surface area contributed by atoms with Gasteiger partial charge in [-0.2, -0.15) is 0 Å². The molecule has 0 saturated carbocycles. The summed E-state index contributed by atoms with van der Waals surface area (Å²) in [5.74, 6) is 0.881. The third-order valence-electron chi connectivity index (χ3n) is 4.94. The lowest BCUT2D eigenvalue weighted by molar-refractivity contribution is -0.116. The van der Waals surface area contributed by atoms with Crippen LogP contribution in [0.3, 0.4) is 0 Å². The van der Waals surface area contributed by atoms with Crippen molar-refractivity contribution in [3.05, 3.63) is 64.6 Å². The van der Waals surface area contributed by atoms with Crippen LogP contribution >= 0.6 is 24.0 Å². The molecule has 1 amide bonds. The Bertz CT molecular complexity index is 912. The lowest BCUT2D eigenvalue weighted by atomic mass is 9.91. The van der Waals surface area contributed by atoms with Gasteiger partial charge in [0, 0.05) is 49.9 Å². The highest BCUT2D eigenvalue weighted by Crippen LogP contribution is 2.31. The molecular formula is C22H30IN5O2. The minimum absolute atomic E-state index is 0. The lowest BCUT2D eigenvalue weighted by Gasteiger charge is -2.24. The van der Waals surface area contributed by atoms with E-state index in [0.717, 1.165) is 43.1 Å². The summed E-state index contributed by atoms with van der Waals surface area (Å²) in [7, 11) is 0. The predicted octanol–water partition coefficient (Wildman–Crippen LogP) is 2.93. The zero-order valence-corrected chi connectivity index (χ0v) is 19.6. The number of amides is 1. The van der Waals surface area contributed by atoms with Gasteiger partial charge in [-0.1, -0.05) is 24.3 Å². The van der Waals surface area contributed by atoms with Gasteiger partial charge >= 0.3 is 0 Å². The van der Waals surface area contributed by atoms with Crippen molar-refractivity contribution in [1.29, 1.82) is 0 Å². The number of fused-ring (bicyclic) bond motifs is 1. The van der Waals surface area contributed by atoms with Crippen LogP contribution in [-0.4, -0.2) is 36.1 Å². The van der Waals surface area contributed by atoms with Crippen LogP contribution in [0.5, 0.6) is 0 Å². The molecule has 162 valence electrons. The van der Waals surface area contributed by atoms with Crippen molar-refractivity contribution in [3.8, 4) is 0 Å². The highest BCUT2D eigenvalue weighted by Gasteiger charge is 2.24. The van der Waals surface area contributed by atoms with Crippen LogP contribution in [-0.2, 0) is 11.3 Å². The van der Waals surface area contributed by atoms with E-state index < -0.39 is 0 Å². The van der Waals surface area contributed by atoms with Crippen molar-refractivity contribution in [2.24, 2.45) is 4.99 Å². The first-order valence-corrected chi connectivity index (χ1v) is 10.2. The van der Waals surface area contributed by atoms with Gasteiger partial charge in [-0.25, -0.2) is 0 Å². The van der Waals surface area contributed by atoms with Gasteiger partial charge in [0.15, 0.2) is 5.96 Å². The van der Waals surface area contributed by atoms with E-state index in [2.05, 4.69) is 22.0 Å². The quantitative estimate of drug-likeness (QED) is 0.215. The van der Waals surface area contributed by atoms with Crippen LogP contribution in [0.1, 0.15) is 37.7 Å². The highest BCUT2D eigenvalue weighted by molar-refractivity contribution is 14.0. The molecule has 0 radical (unpaired) electrons. The Kier molecular flexibility index (Phi) is 9.85. The minimum Gasteiger partial charge on any atom is -0.357 e. The third-order valence-corrected chi connectivity index (χ3v) is 4.94. The Labute approximate surface area is 194 Å². The van der Waals surface area contributed by atoms with Crippen molar-refractivity contribution >= 4 is 41.5 Å². The normalized spacial score (nSPS) is 15.6. The van der Waals surface area contributed by atoms with Crippen molar-refractivity contribution in [2.45, 2.75) is 38.6 Å². The number of nitrogens with one attached hydrogen (secondary N) is 3. The Morgan fingerprint density at radius 3 is 2.73 bits per heavy atom.